The Labute approximate surface area is 193 Å². The fourth-order valence-electron chi connectivity index (χ4n) is 2.29. The van der Waals surface area contributed by atoms with Crippen molar-refractivity contribution in [2.45, 2.75) is 96.8 Å². The van der Waals surface area contributed by atoms with Gasteiger partial charge in [0.25, 0.3) is 0 Å². The number of hydrogen-bond acceptors (Lipinski definition) is 1. The van der Waals surface area contributed by atoms with Crippen LogP contribution in [0.3, 0.4) is 0 Å². The van der Waals surface area contributed by atoms with Gasteiger partial charge in [-0.2, -0.15) is 0 Å². The normalized spacial score (nSPS) is 9.65. The van der Waals surface area contributed by atoms with E-state index in [0.29, 0.717) is 6.42 Å². The van der Waals surface area contributed by atoms with Crippen LogP contribution in [0.25, 0.3) is 0 Å². The van der Waals surface area contributed by atoms with Crippen LogP contribution < -0.4 is 80.9 Å². The number of unbranched alkanes of at least 4 members (excludes halogenated alkanes) is 12. The van der Waals surface area contributed by atoms with E-state index in [0.717, 1.165) is 12.8 Å². The summed E-state index contributed by atoms with van der Waals surface area (Å²) in [6, 6.07) is 0. The van der Waals surface area contributed by atoms with Crippen LogP contribution in [-0.4, -0.2) is 11.1 Å². The van der Waals surface area contributed by atoms with Crippen molar-refractivity contribution in [3.8, 4) is 0 Å². The first kappa shape index (κ1) is 27.0. The average molecular weight is 321 g/mol. The molecule has 0 amide bonds. The minimum atomic E-state index is -0.655. The fraction of sp³-hybridized carbons (Fsp3) is 0.938. The zero-order valence-corrected chi connectivity index (χ0v) is 19.4. The van der Waals surface area contributed by atoms with Crippen LogP contribution in [0, 0.1) is 0 Å². The molecule has 0 radical (unpaired) electrons. The summed E-state index contributed by atoms with van der Waals surface area (Å²) in [7, 11) is 0. The average Bonchev–Trinajstić information content (AvgIpc) is 2.34. The van der Waals surface area contributed by atoms with Gasteiger partial charge in [0.05, 0.1) is 0 Å². The second kappa shape index (κ2) is 23.4. The van der Waals surface area contributed by atoms with Crippen molar-refractivity contribution in [1.82, 2.24) is 0 Å². The van der Waals surface area contributed by atoms with Crippen molar-refractivity contribution in [2.75, 3.05) is 0 Å². The first-order valence-corrected chi connectivity index (χ1v) is 7.99. The number of aliphatic carboxylic acids is 1. The molecule has 0 rings (SSSR count). The Morgan fingerprint density at radius 3 is 1.35 bits per heavy atom. The quantitative estimate of drug-likeness (QED) is 0.355. The molecule has 0 saturated heterocycles. The van der Waals surface area contributed by atoms with Crippen LogP contribution in [0.15, 0.2) is 0 Å². The topological polar surface area (TPSA) is 37.3 Å². The van der Waals surface area contributed by atoms with Gasteiger partial charge in [0.1, 0.15) is 0 Å². The van der Waals surface area contributed by atoms with E-state index in [-0.39, 0.29) is 83.8 Å². The Kier molecular flexibility index (Phi) is 31.5. The van der Waals surface area contributed by atoms with Gasteiger partial charge in [0, 0.05) is 6.42 Å². The summed E-state index contributed by atoms with van der Waals surface area (Å²) in [6.45, 7) is 2.26. The summed E-state index contributed by atoms with van der Waals surface area (Å²) in [4.78, 5) is 10.3. The first-order valence-electron chi connectivity index (χ1n) is 7.99. The van der Waals surface area contributed by atoms with E-state index >= 15 is 0 Å². The van der Waals surface area contributed by atoms with Gasteiger partial charge < -0.3 is 7.96 Å². The van der Waals surface area contributed by atoms with Crippen LogP contribution in [0.4, 0.5) is 0 Å². The Bertz CT molecular complexity index is 199. The smallest absolute Gasteiger partial charge is 1.00 e. The number of hydrogen-bond donors (Lipinski definition) is 1. The summed E-state index contributed by atoms with van der Waals surface area (Å²) in [5.41, 5.74) is 0. The molecule has 2 nitrogen and oxygen atoms in total. The molecule has 0 fully saturated rings. The number of carboxylic acid groups (broad SMARTS) is 1. The molecule has 0 aromatic heterocycles. The maximum absolute atomic E-state index is 10.3. The van der Waals surface area contributed by atoms with Gasteiger partial charge in [0.15, 0.2) is 0 Å². The van der Waals surface area contributed by atoms with E-state index in [1.807, 2.05) is 0 Å². The molecule has 0 aromatic carbocycles. The van der Waals surface area contributed by atoms with E-state index in [4.69, 9.17) is 5.11 Å². The fourth-order valence-corrected chi connectivity index (χ4v) is 2.29. The minimum absolute atomic E-state index is 0. The largest absolute Gasteiger partial charge is 1.00 e. The summed E-state index contributed by atoms with van der Waals surface area (Å²) in [5.74, 6) is -0.655. The number of carbonyl (C=O) groups is 1. The predicted octanol–water partition coefficient (Wildman–Crippen LogP) is -0.215. The van der Waals surface area contributed by atoms with E-state index < -0.39 is 5.97 Å². The maximum Gasteiger partial charge on any atom is 1.00 e. The summed E-state index contributed by atoms with van der Waals surface area (Å²) in [5, 5.41) is 8.49. The Hall–Kier alpha value is 2.11. The van der Waals surface area contributed by atoms with Crippen molar-refractivity contribution in [3.63, 3.8) is 0 Å². The second-order valence-corrected chi connectivity index (χ2v) is 5.39. The van der Waals surface area contributed by atoms with Gasteiger partial charge in [-0.1, -0.05) is 84.0 Å². The number of carboxylic acids is 1. The molecular formula is C16H34KNaO2. The van der Waals surface area contributed by atoms with Crippen LogP contribution in [0.2, 0.25) is 0 Å². The van der Waals surface area contributed by atoms with E-state index in [1.165, 1.54) is 70.6 Å². The third kappa shape index (κ3) is 25.1. The third-order valence-electron chi connectivity index (χ3n) is 3.49. The number of rotatable bonds is 14. The zero-order valence-electron chi connectivity index (χ0n) is 16.3. The molecule has 112 valence electrons. The molecule has 0 aliphatic heterocycles. The summed E-state index contributed by atoms with van der Waals surface area (Å²) in [6.07, 6.45) is 17.3. The van der Waals surface area contributed by atoms with Crippen LogP contribution in [-0.2, 0) is 4.79 Å². The molecule has 0 unspecified atom stereocenters. The van der Waals surface area contributed by atoms with E-state index in [2.05, 4.69) is 6.92 Å². The van der Waals surface area contributed by atoms with Crippen molar-refractivity contribution >= 4 is 5.97 Å². The third-order valence-corrected chi connectivity index (χ3v) is 3.49. The van der Waals surface area contributed by atoms with Crippen molar-refractivity contribution in [2.24, 2.45) is 0 Å². The molecule has 0 heterocycles. The Morgan fingerprint density at radius 2 is 1.05 bits per heavy atom. The molecule has 0 saturated carbocycles. The van der Waals surface area contributed by atoms with Crippen molar-refractivity contribution in [3.05, 3.63) is 0 Å². The summed E-state index contributed by atoms with van der Waals surface area (Å²) < 4.78 is 0. The van der Waals surface area contributed by atoms with Crippen molar-refractivity contribution < 1.29 is 93.7 Å². The molecule has 0 aromatic rings. The molecule has 0 aliphatic carbocycles. The minimum Gasteiger partial charge on any atom is -1.00 e. The maximum atomic E-state index is 10.3. The predicted molar refractivity (Wildman–Crippen MR) is 80.2 cm³/mol. The van der Waals surface area contributed by atoms with Crippen LogP contribution >= 0.6 is 0 Å². The Morgan fingerprint density at radius 1 is 0.750 bits per heavy atom. The van der Waals surface area contributed by atoms with E-state index in [9.17, 15) is 4.79 Å². The van der Waals surface area contributed by atoms with Gasteiger partial charge in [-0.15, -0.1) is 0 Å². The second-order valence-electron chi connectivity index (χ2n) is 5.39. The van der Waals surface area contributed by atoms with E-state index in [1.54, 1.807) is 0 Å². The van der Waals surface area contributed by atoms with Gasteiger partial charge in [-0.25, -0.2) is 0 Å². The molecule has 4 heteroatoms. The SMILES string of the molecule is CCCCCCCCCCCCCCCC(=O)O.[H-].[H-].[K+].[Na+]. The van der Waals surface area contributed by atoms with Gasteiger partial charge in [-0.05, 0) is 6.42 Å². The molecular weight excluding hydrogens is 286 g/mol. The van der Waals surface area contributed by atoms with Gasteiger partial charge >= 0.3 is 86.9 Å². The van der Waals surface area contributed by atoms with Crippen molar-refractivity contribution in [1.29, 1.82) is 0 Å². The molecule has 0 atom stereocenters. The monoisotopic (exact) mass is 320 g/mol. The Balaban J connectivity index is -0.000000241. The molecule has 0 bridgehead atoms. The zero-order chi connectivity index (χ0) is 13.5. The van der Waals surface area contributed by atoms with Gasteiger partial charge in [-0.3, -0.25) is 4.79 Å². The van der Waals surface area contributed by atoms with Crippen LogP contribution in [0.5, 0.6) is 0 Å². The molecule has 20 heavy (non-hydrogen) atoms. The standard InChI is InChI=1S/C16H32O2.K.Na.2H/c1-2-3-4-5-6-7-8-9-10-11-12-13-14-15-16(17)18;;;;/h2-15H2,1H3,(H,17,18);;;;/q;2*+1;2*-1. The summed E-state index contributed by atoms with van der Waals surface area (Å²) >= 11 is 0. The van der Waals surface area contributed by atoms with Gasteiger partial charge in [0.2, 0.25) is 0 Å². The molecule has 1 N–H and O–H groups in total. The molecule has 0 aliphatic rings. The molecule has 0 spiro atoms. The van der Waals surface area contributed by atoms with Crippen LogP contribution in [0.1, 0.15) is 99.7 Å². The first-order chi connectivity index (χ1) is 8.77.